The standard InChI is InChI=1S/C12H22N2O2/c1-11-7-13-3-4-14(8-11)6-10(5-13)12(11,15)9-16-2/h10,15H,3-9H2,1-2H3. The van der Waals surface area contributed by atoms with Gasteiger partial charge in [-0.25, -0.2) is 0 Å². The van der Waals surface area contributed by atoms with Gasteiger partial charge in [0.2, 0.25) is 0 Å². The molecule has 3 atom stereocenters. The van der Waals surface area contributed by atoms with Crippen LogP contribution in [0.5, 0.6) is 0 Å². The first-order valence-corrected chi connectivity index (χ1v) is 6.23. The molecule has 0 saturated carbocycles. The van der Waals surface area contributed by atoms with Gasteiger partial charge in [0.05, 0.1) is 6.61 Å². The third-order valence-electron chi connectivity index (χ3n) is 4.92. The van der Waals surface area contributed by atoms with Crippen LogP contribution >= 0.6 is 0 Å². The fourth-order valence-corrected chi connectivity index (χ4v) is 4.05. The summed E-state index contributed by atoms with van der Waals surface area (Å²) in [5, 5.41) is 11.0. The third-order valence-corrected chi connectivity index (χ3v) is 4.92. The van der Waals surface area contributed by atoms with Gasteiger partial charge >= 0.3 is 0 Å². The summed E-state index contributed by atoms with van der Waals surface area (Å²) in [6.45, 7) is 9.13. The van der Waals surface area contributed by atoms with E-state index < -0.39 is 5.60 Å². The molecule has 3 unspecified atom stereocenters. The van der Waals surface area contributed by atoms with Crippen molar-refractivity contribution in [2.45, 2.75) is 12.5 Å². The van der Waals surface area contributed by atoms with E-state index >= 15 is 0 Å². The van der Waals surface area contributed by atoms with Crippen LogP contribution in [0.3, 0.4) is 0 Å². The van der Waals surface area contributed by atoms with Gasteiger partial charge in [0, 0.05) is 57.7 Å². The fraction of sp³-hybridized carbons (Fsp3) is 1.00. The third kappa shape index (κ3) is 1.30. The summed E-state index contributed by atoms with van der Waals surface area (Å²) in [6.07, 6.45) is 0. The molecule has 4 heteroatoms. The van der Waals surface area contributed by atoms with E-state index in [2.05, 4.69) is 16.7 Å². The minimum Gasteiger partial charge on any atom is -0.386 e. The second-order valence-corrected chi connectivity index (χ2v) is 6.09. The molecule has 4 saturated heterocycles. The Kier molecular flexibility index (Phi) is 2.34. The highest BCUT2D eigenvalue weighted by molar-refractivity contribution is 5.12. The van der Waals surface area contributed by atoms with Crippen molar-refractivity contribution in [3.05, 3.63) is 0 Å². The van der Waals surface area contributed by atoms with Gasteiger partial charge in [0.1, 0.15) is 5.60 Å². The van der Waals surface area contributed by atoms with E-state index in [1.54, 1.807) is 7.11 Å². The van der Waals surface area contributed by atoms with E-state index in [4.69, 9.17) is 4.74 Å². The lowest BCUT2D eigenvalue weighted by molar-refractivity contribution is -0.213. The SMILES string of the molecule is COCC1(O)C2CN3CCN(C2)CC1(C)C3. The van der Waals surface area contributed by atoms with E-state index in [1.165, 1.54) is 0 Å². The van der Waals surface area contributed by atoms with Crippen molar-refractivity contribution in [1.82, 2.24) is 9.80 Å². The zero-order valence-corrected chi connectivity index (χ0v) is 10.3. The number of fused-ring (bicyclic) bond motifs is 1. The Morgan fingerprint density at radius 1 is 1.25 bits per heavy atom. The summed E-state index contributed by atoms with van der Waals surface area (Å²) in [6, 6.07) is 0. The number of hydrogen-bond donors (Lipinski definition) is 1. The maximum atomic E-state index is 11.0. The minimum atomic E-state index is -0.626. The maximum absolute atomic E-state index is 11.0. The molecule has 0 aromatic heterocycles. The van der Waals surface area contributed by atoms with Crippen molar-refractivity contribution in [2.24, 2.45) is 11.3 Å². The fourth-order valence-electron chi connectivity index (χ4n) is 4.05. The van der Waals surface area contributed by atoms with E-state index in [1.807, 2.05) is 0 Å². The Balaban J connectivity index is 1.97. The van der Waals surface area contributed by atoms with Crippen LogP contribution in [0, 0.1) is 11.3 Å². The van der Waals surface area contributed by atoms with E-state index in [0.29, 0.717) is 12.5 Å². The molecule has 0 radical (unpaired) electrons. The Bertz CT molecular complexity index is 281. The molecule has 4 fully saturated rings. The number of ether oxygens (including phenoxy) is 1. The van der Waals surface area contributed by atoms with Gasteiger partial charge in [-0.15, -0.1) is 0 Å². The van der Waals surface area contributed by atoms with Crippen molar-refractivity contribution in [1.29, 1.82) is 0 Å². The average molecular weight is 226 g/mol. The molecule has 4 rings (SSSR count). The van der Waals surface area contributed by atoms with E-state index in [-0.39, 0.29) is 5.41 Å². The second-order valence-electron chi connectivity index (χ2n) is 6.09. The van der Waals surface area contributed by atoms with Crippen LogP contribution in [0.15, 0.2) is 0 Å². The first kappa shape index (κ1) is 11.0. The van der Waals surface area contributed by atoms with Gasteiger partial charge in [-0.3, -0.25) is 0 Å². The van der Waals surface area contributed by atoms with Crippen molar-refractivity contribution in [2.75, 3.05) is 53.0 Å². The lowest BCUT2D eigenvalue weighted by Crippen LogP contribution is -2.71. The molecule has 0 aromatic carbocycles. The molecule has 1 N–H and O–H groups in total. The topological polar surface area (TPSA) is 35.9 Å². The summed E-state index contributed by atoms with van der Waals surface area (Å²) in [4.78, 5) is 5.03. The molecular weight excluding hydrogens is 204 g/mol. The van der Waals surface area contributed by atoms with Crippen molar-refractivity contribution < 1.29 is 9.84 Å². The van der Waals surface area contributed by atoms with Crippen LogP contribution in [0.25, 0.3) is 0 Å². The van der Waals surface area contributed by atoms with E-state index in [9.17, 15) is 5.11 Å². The predicted octanol–water partition coefficient (Wildman–Crippen LogP) is -0.369. The Morgan fingerprint density at radius 3 is 2.25 bits per heavy atom. The van der Waals surface area contributed by atoms with Gasteiger partial charge in [0.15, 0.2) is 0 Å². The molecule has 4 nitrogen and oxygen atoms in total. The van der Waals surface area contributed by atoms with Crippen LogP contribution in [0.2, 0.25) is 0 Å². The van der Waals surface area contributed by atoms with E-state index in [0.717, 1.165) is 39.3 Å². The van der Waals surface area contributed by atoms with Gasteiger partial charge in [-0.1, -0.05) is 6.92 Å². The predicted molar refractivity (Wildman–Crippen MR) is 61.3 cm³/mol. The summed E-state index contributed by atoms with van der Waals surface area (Å²) in [7, 11) is 1.70. The van der Waals surface area contributed by atoms with Crippen LogP contribution < -0.4 is 0 Å². The Labute approximate surface area is 97.2 Å². The molecule has 0 amide bonds. The number of rotatable bonds is 2. The van der Waals surface area contributed by atoms with Crippen molar-refractivity contribution in [3.8, 4) is 0 Å². The molecule has 4 aliphatic heterocycles. The van der Waals surface area contributed by atoms with Crippen LogP contribution in [0.1, 0.15) is 6.92 Å². The highest BCUT2D eigenvalue weighted by Gasteiger charge is 2.60. The van der Waals surface area contributed by atoms with Crippen molar-refractivity contribution >= 4 is 0 Å². The smallest absolute Gasteiger partial charge is 0.101 e. The zero-order valence-electron chi connectivity index (χ0n) is 10.3. The molecule has 92 valence electrons. The maximum Gasteiger partial charge on any atom is 0.101 e. The molecular formula is C12H22N2O2. The first-order chi connectivity index (χ1) is 7.57. The molecule has 0 spiro atoms. The highest BCUT2D eigenvalue weighted by Crippen LogP contribution is 2.47. The van der Waals surface area contributed by atoms with Crippen LogP contribution in [-0.4, -0.2) is 73.5 Å². The van der Waals surface area contributed by atoms with Gasteiger partial charge in [-0.05, 0) is 0 Å². The largest absolute Gasteiger partial charge is 0.386 e. The van der Waals surface area contributed by atoms with Crippen LogP contribution in [0.4, 0.5) is 0 Å². The number of hydrogen-bond acceptors (Lipinski definition) is 4. The molecule has 0 aliphatic carbocycles. The number of piperidine rings is 2. The molecule has 4 heterocycles. The lowest BCUT2D eigenvalue weighted by atomic mass is 9.61. The highest BCUT2D eigenvalue weighted by atomic mass is 16.5. The van der Waals surface area contributed by atoms with Gasteiger partial charge < -0.3 is 19.6 Å². The minimum absolute atomic E-state index is 0.0271. The first-order valence-electron chi connectivity index (χ1n) is 6.23. The molecule has 0 aromatic rings. The quantitative estimate of drug-likeness (QED) is 0.697. The Hall–Kier alpha value is -0.160. The average Bonchev–Trinajstić information content (AvgIpc) is 2.44. The molecule has 16 heavy (non-hydrogen) atoms. The second kappa shape index (κ2) is 3.42. The summed E-state index contributed by atoms with van der Waals surface area (Å²) in [5.74, 6) is 0.349. The lowest BCUT2D eigenvalue weighted by Gasteiger charge is -2.59. The molecule has 4 bridgehead atoms. The molecule has 4 aliphatic rings. The zero-order chi connectivity index (χ0) is 11.4. The van der Waals surface area contributed by atoms with Gasteiger partial charge in [0.25, 0.3) is 0 Å². The van der Waals surface area contributed by atoms with Crippen LogP contribution in [-0.2, 0) is 4.74 Å². The normalized spacial score (nSPS) is 55.3. The number of aliphatic hydroxyl groups is 1. The summed E-state index contributed by atoms with van der Waals surface area (Å²) < 4.78 is 5.29. The Morgan fingerprint density at radius 2 is 1.81 bits per heavy atom. The summed E-state index contributed by atoms with van der Waals surface area (Å²) in [5.41, 5.74) is -0.653. The monoisotopic (exact) mass is 226 g/mol. The number of methoxy groups -OCH3 is 1. The summed E-state index contributed by atoms with van der Waals surface area (Å²) >= 11 is 0. The van der Waals surface area contributed by atoms with Crippen molar-refractivity contribution in [3.63, 3.8) is 0 Å². The van der Waals surface area contributed by atoms with Gasteiger partial charge in [-0.2, -0.15) is 0 Å². The number of nitrogens with zero attached hydrogens (tertiary/aromatic N) is 2.